The Morgan fingerprint density at radius 3 is 2.53 bits per heavy atom. The van der Waals surface area contributed by atoms with E-state index in [4.69, 9.17) is 0 Å². The summed E-state index contributed by atoms with van der Waals surface area (Å²) < 4.78 is 39.5. The molecule has 0 fully saturated rings. The van der Waals surface area contributed by atoms with Crippen molar-refractivity contribution in [3.8, 4) is 5.75 Å². The average molecular weight is 332 g/mol. The van der Waals surface area contributed by atoms with Gasteiger partial charge in [-0.2, -0.15) is 0 Å². The maximum atomic E-state index is 13.2. The molecule has 0 radical (unpaired) electrons. The molecule has 0 amide bonds. The molecule has 0 unspecified atom stereocenters. The van der Waals surface area contributed by atoms with Crippen LogP contribution in [-0.4, -0.2) is 9.53 Å². The number of alkyl halides is 1. The van der Waals surface area contributed by atoms with E-state index in [1.807, 2.05) is 6.92 Å². The second kappa shape index (κ2) is 5.58. The van der Waals surface area contributed by atoms with Crippen LogP contribution in [0.25, 0.3) is 0 Å². The van der Waals surface area contributed by atoms with Crippen LogP contribution in [0, 0.1) is 21.0 Å². The molecule has 1 aromatic rings. The quantitative estimate of drug-likeness (QED) is 0.294. The van der Waals surface area contributed by atoms with Gasteiger partial charge in [-0.05, 0) is 0 Å². The summed E-state index contributed by atoms with van der Waals surface area (Å²) in [6, 6.07) is 0.643. The molecule has 0 saturated heterocycles. The zero-order valence-corrected chi connectivity index (χ0v) is 10.5. The Morgan fingerprint density at radius 1 is 1.27 bits per heavy atom. The first-order valence-corrected chi connectivity index (χ1v) is 7.38. The summed E-state index contributed by atoms with van der Waals surface area (Å²) in [6.07, 6.45) is 1.89. The van der Waals surface area contributed by atoms with Crippen LogP contribution in [-0.2, 0) is 0 Å². The van der Waals surface area contributed by atoms with E-state index in [0.29, 0.717) is 6.07 Å². The number of hydrogen-bond donors (Lipinski definition) is 1. The Balaban J connectivity index is 2.92. The number of benzene rings is 1. The van der Waals surface area contributed by atoms with Gasteiger partial charge < -0.3 is 0 Å². The molecule has 15 heavy (non-hydrogen) atoms. The molecule has 0 aliphatic carbocycles. The van der Waals surface area contributed by atoms with Crippen LogP contribution in [0.5, 0.6) is 5.75 Å². The first-order valence-electron chi connectivity index (χ1n) is 4.57. The van der Waals surface area contributed by atoms with E-state index in [1.165, 1.54) is 0 Å². The zero-order valence-electron chi connectivity index (χ0n) is 8.19. The molecule has 0 aliphatic rings. The molecule has 5 heteroatoms. The van der Waals surface area contributed by atoms with Gasteiger partial charge in [-0.3, -0.25) is 0 Å². The van der Waals surface area contributed by atoms with Crippen molar-refractivity contribution in [3.63, 3.8) is 0 Å². The van der Waals surface area contributed by atoms with E-state index in [0.717, 1.165) is 17.3 Å². The van der Waals surface area contributed by atoms with Crippen molar-refractivity contribution < 1.29 is 18.3 Å². The minimum atomic E-state index is -1.48. The van der Waals surface area contributed by atoms with Crippen molar-refractivity contribution in [1.82, 2.24) is 0 Å². The Morgan fingerprint density at radius 2 is 1.93 bits per heavy atom. The third-order valence-electron chi connectivity index (χ3n) is 1.84. The van der Waals surface area contributed by atoms with Crippen molar-refractivity contribution in [3.05, 3.63) is 27.1 Å². The van der Waals surface area contributed by atoms with Crippen LogP contribution in [0.1, 0.15) is 19.8 Å². The van der Waals surface area contributed by atoms with Crippen molar-refractivity contribution in [2.75, 3.05) is 4.43 Å². The van der Waals surface area contributed by atoms with Crippen LogP contribution in [0.3, 0.4) is 0 Å². The molecule has 0 spiro atoms. The molecule has 0 aliphatic heterocycles. The molecule has 1 nitrogen and oxygen atoms in total. The number of rotatable bonds is 4. The minimum absolute atomic E-state index is 0.00671. The van der Waals surface area contributed by atoms with Gasteiger partial charge in [-0.15, -0.1) is 0 Å². The monoisotopic (exact) mass is 332 g/mol. The van der Waals surface area contributed by atoms with Gasteiger partial charge in [0.25, 0.3) is 0 Å². The summed E-state index contributed by atoms with van der Waals surface area (Å²) in [6.45, 7) is 1.99. The first-order chi connectivity index (χ1) is 7.07. The van der Waals surface area contributed by atoms with Gasteiger partial charge in [-0.25, -0.2) is 0 Å². The van der Waals surface area contributed by atoms with Gasteiger partial charge in [0.05, 0.1) is 0 Å². The SMILES string of the molecule is CCCC[IH]c1c(O)cc(F)c(F)c1F. The molecular weight excluding hydrogens is 320 g/mol. The van der Waals surface area contributed by atoms with Crippen LogP contribution in [0.15, 0.2) is 6.07 Å². The number of aromatic hydroxyl groups is 1. The van der Waals surface area contributed by atoms with Crippen molar-refractivity contribution in [1.29, 1.82) is 0 Å². The summed E-state index contributed by atoms with van der Waals surface area (Å²) in [4.78, 5) is 0. The summed E-state index contributed by atoms with van der Waals surface area (Å²) in [5.41, 5.74) is 0. The van der Waals surface area contributed by atoms with Crippen LogP contribution < -0.4 is 0 Å². The zero-order chi connectivity index (χ0) is 11.4. The summed E-state index contributed by atoms with van der Waals surface area (Å²) in [5, 5.41) is 9.28. The second-order valence-electron chi connectivity index (χ2n) is 3.04. The van der Waals surface area contributed by atoms with Crippen LogP contribution in [0.2, 0.25) is 0 Å². The summed E-state index contributed by atoms with van der Waals surface area (Å²) in [7, 11) is 0. The molecule has 0 saturated carbocycles. The van der Waals surface area contributed by atoms with Gasteiger partial charge >= 0.3 is 96.5 Å². The third-order valence-corrected chi connectivity index (χ3v) is 5.18. The standard InChI is InChI=1S/C10H12F3IO/c1-2-3-4-14-10-7(15)5-6(11)8(12)9(10)13/h5,14-15H,2-4H2,1H3. The Hall–Kier alpha value is -0.460. The number of unbranched alkanes of at least 4 members (excludes halogenated alkanes) is 1. The van der Waals surface area contributed by atoms with Gasteiger partial charge in [0, 0.05) is 0 Å². The molecular formula is C10H12F3IO. The molecule has 1 aromatic carbocycles. The van der Waals surface area contributed by atoms with Crippen molar-refractivity contribution in [2.45, 2.75) is 19.8 Å². The van der Waals surface area contributed by atoms with Crippen LogP contribution >= 0.6 is 21.2 Å². The molecule has 86 valence electrons. The molecule has 0 bridgehead atoms. The van der Waals surface area contributed by atoms with Crippen molar-refractivity contribution >= 4 is 21.2 Å². The fourth-order valence-corrected chi connectivity index (χ4v) is 4.05. The number of hydrogen-bond acceptors (Lipinski definition) is 1. The molecule has 1 rings (SSSR count). The molecule has 0 aromatic heterocycles. The van der Waals surface area contributed by atoms with Gasteiger partial charge in [0.1, 0.15) is 0 Å². The molecule has 1 N–H and O–H groups in total. The van der Waals surface area contributed by atoms with Gasteiger partial charge in [0.15, 0.2) is 0 Å². The van der Waals surface area contributed by atoms with E-state index in [-0.39, 0.29) is 3.57 Å². The van der Waals surface area contributed by atoms with E-state index < -0.39 is 44.4 Å². The predicted octanol–water partition coefficient (Wildman–Crippen LogP) is 3.48. The summed E-state index contributed by atoms with van der Waals surface area (Å²) in [5.74, 6) is -4.49. The average Bonchev–Trinajstić information content (AvgIpc) is 2.20. The Bertz CT molecular complexity index is 355. The number of phenolic OH excluding ortho intramolecular Hbond substituents is 1. The first kappa shape index (κ1) is 12.6. The Labute approximate surface area is 96.6 Å². The van der Waals surface area contributed by atoms with Gasteiger partial charge in [0.2, 0.25) is 0 Å². The topological polar surface area (TPSA) is 20.2 Å². The van der Waals surface area contributed by atoms with E-state index in [2.05, 4.69) is 0 Å². The molecule has 0 atom stereocenters. The Kier molecular flexibility index (Phi) is 4.69. The van der Waals surface area contributed by atoms with E-state index >= 15 is 0 Å². The molecule has 0 heterocycles. The maximum absolute atomic E-state index is 13.2. The fourth-order valence-electron chi connectivity index (χ4n) is 1.02. The summed E-state index contributed by atoms with van der Waals surface area (Å²) >= 11 is -0.968. The van der Waals surface area contributed by atoms with E-state index in [1.54, 1.807) is 0 Å². The van der Waals surface area contributed by atoms with Crippen molar-refractivity contribution in [2.24, 2.45) is 0 Å². The second-order valence-corrected chi connectivity index (χ2v) is 6.19. The third kappa shape index (κ3) is 2.99. The number of phenols is 1. The van der Waals surface area contributed by atoms with Gasteiger partial charge in [-0.1, -0.05) is 0 Å². The van der Waals surface area contributed by atoms with E-state index in [9.17, 15) is 18.3 Å². The number of halogens is 4. The normalized spacial score (nSPS) is 10.9. The fraction of sp³-hybridized carbons (Fsp3) is 0.400. The van der Waals surface area contributed by atoms with Crippen LogP contribution in [0.4, 0.5) is 13.2 Å². The predicted molar refractivity (Wildman–Crippen MR) is 61.9 cm³/mol.